The Balaban J connectivity index is 1.40. The maximum Gasteiger partial charge on any atom is 0.333 e. The number of rotatable bonds is 5. The van der Waals surface area contributed by atoms with E-state index in [-0.39, 0.29) is 17.1 Å². The number of pyridine rings is 1. The van der Waals surface area contributed by atoms with Crippen molar-refractivity contribution in [2.75, 3.05) is 5.32 Å². The van der Waals surface area contributed by atoms with E-state index in [1.807, 2.05) is 26.0 Å². The van der Waals surface area contributed by atoms with E-state index in [0.717, 1.165) is 46.4 Å². The molecule has 1 amide bonds. The number of carbonyl (C=O) groups excluding carboxylic acids is 1. The molecule has 38 heavy (non-hydrogen) atoms. The van der Waals surface area contributed by atoms with Gasteiger partial charge in [-0.1, -0.05) is 0 Å². The molecule has 0 spiro atoms. The summed E-state index contributed by atoms with van der Waals surface area (Å²) >= 11 is 0. The third-order valence-electron chi connectivity index (χ3n) is 6.04. The fraction of sp³-hybridized carbons (Fsp3) is 0.0714. The first-order valence-electron chi connectivity index (χ1n) is 11.5. The smallest absolute Gasteiger partial charge is 0.333 e. The summed E-state index contributed by atoms with van der Waals surface area (Å²) in [6, 6.07) is 14.0. The van der Waals surface area contributed by atoms with Gasteiger partial charge in [-0.05, 0) is 79.6 Å². The molecule has 8 nitrogen and oxygen atoms in total. The minimum Gasteiger partial charge on any atom is -0.456 e. The van der Waals surface area contributed by atoms with Crippen molar-refractivity contribution in [3.05, 3.63) is 122 Å². The average Bonchev–Trinajstić information content (AvgIpc) is 2.88. The zero-order chi connectivity index (χ0) is 27.0. The van der Waals surface area contributed by atoms with Crippen molar-refractivity contribution in [1.82, 2.24) is 14.5 Å². The Bertz CT molecular complexity index is 1830. The molecule has 0 saturated heterocycles. The first kappa shape index (κ1) is 24.6. The Morgan fingerprint density at radius 1 is 0.974 bits per heavy atom. The van der Waals surface area contributed by atoms with Gasteiger partial charge in [-0.2, -0.15) is 0 Å². The first-order chi connectivity index (χ1) is 18.2. The van der Waals surface area contributed by atoms with Crippen LogP contribution in [-0.4, -0.2) is 20.4 Å². The molecule has 0 bridgehead atoms. The molecule has 0 aliphatic rings. The largest absolute Gasteiger partial charge is 0.456 e. The number of hydrogen-bond donors (Lipinski definition) is 2. The van der Waals surface area contributed by atoms with Crippen molar-refractivity contribution >= 4 is 22.5 Å². The number of aryl methyl sites for hydroxylation is 2. The zero-order valence-corrected chi connectivity index (χ0v) is 20.2. The Labute approximate surface area is 214 Å². The number of fused-ring (bicyclic) bond motifs is 1. The van der Waals surface area contributed by atoms with Crippen molar-refractivity contribution in [3.63, 3.8) is 0 Å². The summed E-state index contributed by atoms with van der Waals surface area (Å²) in [7, 11) is 0. The summed E-state index contributed by atoms with van der Waals surface area (Å²) in [5.41, 5.74) is 0.528. The Morgan fingerprint density at radius 2 is 1.71 bits per heavy atom. The van der Waals surface area contributed by atoms with E-state index in [2.05, 4.69) is 15.3 Å². The summed E-state index contributed by atoms with van der Waals surface area (Å²) < 4.78 is 34.8. The van der Waals surface area contributed by atoms with Crippen LogP contribution in [-0.2, 0) is 0 Å². The lowest BCUT2D eigenvalue weighted by molar-refractivity contribution is 0.102. The van der Waals surface area contributed by atoms with Crippen LogP contribution in [0.1, 0.15) is 21.5 Å². The topological polar surface area (TPSA) is 106 Å². The van der Waals surface area contributed by atoms with Crippen LogP contribution in [0.5, 0.6) is 11.5 Å². The highest BCUT2D eigenvalue weighted by molar-refractivity contribution is 6.04. The van der Waals surface area contributed by atoms with Crippen molar-refractivity contribution in [1.29, 1.82) is 0 Å². The number of anilines is 1. The normalized spacial score (nSPS) is 10.9. The highest BCUT2D eigenvalue weighted by Crippen LogP contribution is 2.32. The van der Waals surface area contributed by atoms with Crippen LogP contribution in [0.4, 0.5) is 14.5 Å². The van der Waals surface area contributed by atoms with E-state index in [1.165, 1.54) is 24.3 Å². The summed E-state index contributed by atoms with van der Waals surface area (Å²) in [5.74, 6) is -1.62. The van der Waals surface area contributed by atoms with Crippen LogP contribution in [0.25, 0.3) is 16.6 Å². The quantitative estimate of drug-likeness (QED) is 0.343. The van der Waals surface area contributed by atoms with Crippen LogP contribution in [0, 0.1) is 25.5 Å². The molecule has 0 saturated carbocycles. The second-order valence-corrected chi connectivity index (χ2v) is 8.59. The van der Waals surface area contributed by atoms with Gasteiger partial charge in [0.15, 0.2) is 0 Å². The molecule has 0 aliphatic heterocycles. The van der Waals surface area contributed by atoms with E-state index in [4.69, 9.17) is 4.74 Å². The first-order valence-corrected chi connectivity index (χ1v) is 11.5. The van der Waals surface area contributed by atoms with Crippen LogP contribution >= 0.6 is 0 Å². The van der Waals surface area contributed by atoms with E-state index >= 15 is 0 Å². The van der Waals surface area contributed by atoms with Gasteiger partial charge in [0.05, 0.1) is 16.9 Å². The summed E-state index contributed by atoms with van der Waals surface area (Å²) in [5, 5.41) is 3.10. The minimum atomic E-state index is -0.951. The highest BCUT2D eigenvalue weighted by atomic mass is 19.1. The van der Waals surface area contributed by atoms with Crippen molar-refractivity contribution in [3.8, 4) is 17.2 Å². The standard InChI is InChI=1S/C28H20F2N4O4/c1-15-11-20-24(12-16(15)2)31-10-9-25(20)38-19-7-8-23(22(30)13-19)33-26(35)21-14-32-28(37)34(27(21)36)18-5-3-17(29)4-6-18/h3-14H,1-2H3,(H,32,37)(H,33,35). The van der Waals surface area contributed by atoms with Gasteiger partial charge in [0.2, 0.25) is 0 Å². The Morgan fingerprint density at radius 3 is 2.45 bits per heavy atom. The predicted octanol–water partition coefficient (Wildman–Crippen LogP) is 5.01. The highest BCUT2D eigenvalue weighted by Gasteiger charge is 2.18. The van der Waals surface area contributed by atoms with Crippen molar-refractivity contribution in [2.24, 2.45) is 0 Å². The maximum absolute atomic E-state index is 14.9. The van der Waals surface area contributed by atoms with E-state index in [9.17, 15) is 23.2 Å². The van der Waals surface area contributed by atoms with Crippen molar-refractivity contribution in [2.45, 2.75) is 13.8 Å². The van der Waals surface area contributed by atoms with E-state index in [0.29, 0.717) is 10.3 Å². The second kappa shape index (κ2) is 9.74. The van der Waals surface area contributed by atoms with Crippen LogP contribution in [0.3, 0.4) is 0 Å². The fourth-order valence-corrected chi connectivity index (χ4v) is 3.91. The van der Waals surface area contributed by atoms with Gasteiger partial charge in [-0.25, -0.2) is 18.1 Å². The number of ether oxygens (including phenoxy) is 1. The van der Waals surface area contributed by atoms with Gasteiger partial charge in [-0.3, -0.25) is 14.6 Å². The molecule has 190 valence electrons. The third-order valence-corrected chi connectivity index (χ3v) is 6.04. The molecular formula is C28H20F2N4O4. The molecule has 10 heteroatoms. The summed E-state index contributed by atoms with van der Waals surface area (Å²) in [6.07, 6.45) is 2.54. The number of aromatic nitrogens is 3. The lowest BCUT2D eigenvalue weighted by Crippen LogP contribution is -2.38. The fourth-order valence-electron chi connectivity index (χ4n) is 3.91. The number of benzene rings is 3. The van der Waals surface area contributed by atoms with Gasteiger partial charge in [-0.15, -0.1) is 0 Å². The van der Waals surface area contributed by atoms with Gasteiger partial charge >= 0.3 is 5.69 Å². The number of halogens is 2. The number of carbonyl (C=O) groups is 1. The molecule has 2 N–H and O–H groups in total. The van der Waals surface area contributed by atoms with Crippen molar-refractivity contribution < 1.29 is 18.3 Å². The Hall–Kier alpha value is -5.12. The number of hydrogen-bond acceptors (Lipinski definition) is 5. The second-order valence-electron chi connectivity index (χ2n) is 8.59. The third kappa shape index (κ3) is 4.66. The molecule has 0 radical (unpaired) electrons. The molecule has 3 aromatic carbocycles. The predicted molar refractivity (Wildman–Crippen MR) is 138 cm³/mol. The molecule has 2 aromatic heterocycles. The molecule has 0 fully saturated rings. The Kier molecular flexibility index (Phi) is 6.29. The van der Waals surface area contributed by atoms with Gasteiger partial charge < -0.3 is 15.0 Å². The molecule has 5 rings (SSSR count). The molecule has 0 unspecified atom stereocenters. The van der Waals surface area contributed by atoms with Crippen LogP contribution in [0.2, 0.25) is 0 Å². The molecule has 5 aromatic rings. The summed E-state index contributed by atoms with van der Waals surface area (Å²) in [6.45, 7) is 3.96. The van der Waals surface area contributed by atoms with E-state index in [1.54, 1.807) is 12.3 Å². The van der Waals surface area contributed by atoms with Crippen LogP contribution < -0.4 is 21.3 Å². The lowest BCUT2D eigenvalue weighted by Gasteiger charge is -2.12. The minimum absolute atomic E-state index is 0.0639. The SMILES string of the molecule is Cc1cc2nccc(Oc3ccc(NC(=O)c4c[nH]c(=O)n(-c5ccc(F)cc5)c4=O)c(F)c3)c2cc1C. The van der Waals surface area contributed by atoms with Gasteiger partial charge in [0.1, 0.15) is 28.7 Å². The summed E-state index contributed by atoms with van der Waals surface area (Å²) in [4.78, 5) is 44.5. The van der Waals surface area contributed by atoms with E-state index < -0.39 is 34.4 Å². The van der Waals surface area contributed by atoms with Gasteiger partial charge in [0.25, 0.3) is 11.5 Å². The van der Waals surface area contributed by atoms with Crippen LogP contribution in [0.15, 0.2) is 82.6 Å². The lowest BCUT2D eigenvalue weighted by atomic mass is 10.1. The van der Waals surface area contributed by atoms with Gasteiger partial charge in [0, 0.05) is 23.8 Å². The zero-order valence-electron chi connectivity index (χ0n) is 20.2. The number of aromatic amines is 1. The molecule has 2 heterocycles. The molecular weight excluding hydrogens is 494 g/mol. The average molecular weight is 514 g/mol. The maximum atomic E-state index is 14.9. The molecule has 0 atom stereocenters. The number of amides is 1. The number of H-pyrrole nitrogens is 1. The number of nitrogens with zero attached hydrogens (tertiary/aromatic N) is 2. The monoisotopic (exact) mass is 514 g/mol. The number of nitrogens with one attached hydrogen (secondary N) is 2. The molecule has 0 aliphatic carbocycles.